The summed E-state index contributed by atoms with van der Waals surface area (Å²) in [5.74, 6) is -0.0136. The summed E-state index contributed by atoms with van der Waals surface area (Å²) in [6, 6.07) is 16.0. The predicted octanol–water partition coefficient (Wildman–Crippen LogP) is 4.87. The molecule has 2 saturated heterocycles. The van der Waals surface area contributed by atoms with Crippen molar-refractivity contribution in [3.63, 3.8) is 0 Å². The number of hydrogen-bond donors (Lipinski definition) is 1. The van der Waals surface area contributed by atoms with Crippen LogP contribution in [0.25, 0.3) is 0 Å². The Kier molecular flexibility index (Phi) is 6.45. The van der Waals surface area contributed by atoms with Crippen LogP contribution in [0.15, 0.2) is 48.5 Å². The van der Waals surface area contributed by atoms with E-state index >= 15 is 0 Å². The maximum Gasteiger partial charge on any atom is 0.416 e. The number of ether oxygens (including phenoxy) is 1. The summed E-state index contributed by atoms with van der Waals surface area (Å²) in [5.41, 5.74) is -0.248. The molecule has 0 spiro atoms. The topological polar surface area (TPSA) is 65.4 Å². The molecule has 0 aromatic heterocycles. The first-order valence-electron chi connectivity index (χ1n) is 11.4. The molecule has 34 heavy (non-hydrogen) atoms. The highest BCUT2D eigenvalue weighted by Crippen LogP contribution is 2.40. The fourth-order valence-electron chi connectivity index (χ4n) is 4.85. The Bertz CT molecular complexity index is 1090. The number of alkyl halides is 3. The Morgan fingerprint density at radius 2 is 1.94 bits per heavy atom. The van der Waals surface area contributed by atoms with Gasteiger partial charge in [0.1, 0.15) is 5.54 Å². The quantitative estimate of drug-likeness (QED) is 0.611. The van der Waals surface area contributed by atoms with Crippen LogP contribution in [-0.2, 0) is 21.2 Å². The highest BCUT2D eigenvalue weighted by molar-refractivity contribution is 5.83. The number of rotatable bonds is 6. The van der Waals surface area contributed by atoms with Gasteiger partial charge in [0.05, 0.1) is 29.9 Å². The van der Waals surface area contributed by atoms with Crippen LogP contribution in [0.3, 0.4) is 0 Å². The number of amides is 1. The number of nitrogens with one attached hydrogen (secondary N) is 1. The second-order valence-corrected chi connectivity index (χ2v) is 9.32. The molecule has 0 aliphatic carbocycles. The normalized spacial score (nSPS) is 26.0. The molecule has 2 aromatic rings. The van der Waals surface area contributed by atoms with Gasteiger partial charge in [0.15, 0.2) is 0 Å². The molecule has 2 fully saturated rings. The molecule has 0 unspecified atom stereocenters. The van der Waals surface area contributed by atoms with Crippen molar-refractivity contribution in [3.8, 4) is 6.07 Å². The van der Waals surface area contributed by atoms with Gasteiger partial charge in [-0.15, -0.1) is 0 Å². The predicted molar refractivity (Wildman–Crippen MR) is 121 cm³/mol. The van der Waals surface area contributed by atoms with Crippen LogP contribution in [0.5, 0.6) is 0 Å². The number of β-lactam (4-membered cyclic amide) rings is 1. The third-order valence-corrected chi connectivity index (χ3v) is 7.06. The van der Waals surface area contributed by atoms with E-state index in [1.54, 1.807) is 24.8 Å². The van der Waals surface area contributed by atoms with Crippen molar-refractivity contribution in [2.75, 3.05) is 19.7 Å². The molecular formula is C26H28F3N3O2. The number of likely N-dealkylation sites (tertiary alicyclic amines) is 1. The fourth-order valence-corrected chi connectivity index (χ4v) is 4.85. The average molecular weight is 472 g/mol. The molecule has 2 aliphatic heterocycles. The van der Waals surface area contributed by atoms with Crippen molar-refractivity contribution < 1.29 is 22.7 Å². The minimum Gasteiger partial charge on any atom is -0.372 e. The number of benzene rings is 2. The summed E-state index contributed by atoms with van der Waals surface area (Å²) < 4.78 is 46.1. The van der Waals surface area contributed by atoms with Gasteiger partial charge in [0.25, 0.3) is 0 Å². The number of halogens is 3. The second-order valence-electron chi connectivity index (χ2n) is 9.32. The molecular weight excluding hydrogens is 443 g/mol. The number of aryl methyl sites for hydroxylation is 1. The lowest BCUT2D eigenvalue weighted by Gasteiger charge is -2.51. The smallest absolute Gasteiger partial charge is 0.372 e. The minimum absolute atomic E-state index is 0.0136. The summed E-state index contributed by atoms with van der Waals surface area (Å²) in [5, 5.41) is 13.4. The Morgan fingerprint density at radius 1 is 1.21 bits per heavy atom. The van der Waals surface area contributed by atoms with Crippen LogP contribution in [-0.4, -0.2) is 36.0 Å². The van der Waals surface area contributed by atoms with Crippen molar-refractivity contribution in [1.29, 1.82) is 5.26 Å². The van der Waals surface area contributed by atoms with Crippen LogP contribution in [0.1, 0.15) is 54.5 Å². The third kappa shape index (κ3) is 4.55. The van der Waals surface area contributed by atoms with Crippen LogP contribution in [0.2, 0.25) is 0 Å². The lowest BCUT2D eigenvalue weighted by atomic mass is 9.75. The molecule has 0 radical (unpaired) electrons. The Labute approximate surface area is 197 Å². The molecule has 4 rings (SSSR count). The van der Waals surface area contributed by atoms with Crippen molar-refractivity contribution in [2.45, 2.75) is 56.5 Å². The van der Waals surface area contributed by atoms with Gasteiger partial charge in [0.2, 0.25) is 5.91 Å². The van der Waals surface area contributed by atoms with E-state index in [2.05, 4.69) is 11.4 Å². The zero-order chi connectivity index (χ0) is 24.6. The van der Waals surface area contributed by atoms with Crippen LogP contribution in [0.4, 0.5) is 13.2 Å². The summed E-state index contributed by atoms with van der Waals surface area (Å²) in [6.07, 6.45) is -3.50. The van der Waals surface area contributed by atoms with Crippen molar-refractivity contribution in [2.24, 2.45) is 0 Å². The first-order valence-corrected chi connectivity index (χ1v) is 11.4. The number of carbonyl (C=O) groups is 1. The number of carbonyl (C=O) groups excluding carboxylic acids is 1. The molecule has 2 aliphatic rings. The van der Waals surface area contributed by atoms with Crippen molar-refractivity contribution in [3.05, 3.63) is 70.8 Å². The highest BCUT2D eigenvalue weighted by Gasteiger charge is 2.50. The SMILES string of the molecule is Cc1cc([C@@H](C)OC[C@@]2(c3ccccc3)CC[C@](C#N)(N3CCC3=O)CN2)cc(C(F)(F)F)c1. The van der Waals surface area contributed by atoms with Gasteiger partial charge in [-0.1, -0.05) is 42.0 Å². The summed E-state index contributed by atoms with van der Waals surface area (Å²) in [4.78, 5) is 13.7. The molecule has 1 amide bonds. The van der Waals surface area contributed by atoms with E-state index in [0.717, 1.165) is 17.7 Å². The van der Waals surface area contributed by atoms with Gasteiger partial charge < -0.3 is 15.0 Å². The number of nitrogens with zero attached hydrogens (tertiary/aromatic N) is 2. The summed E-state index contributed by atoms with van der Waals surface area (Å²) in [7, 11) is 0. The van der Waals surface area contributed by atoms with Gasteiger partial charge in [-0.05, 0) is 49.9 Å². The molecule has 8 heteroatoms. The molecule has 0 bridgehead atoms. The van der Waals surface area contributed by atoms with E-state index in [0.29, 0.717) is 43.5 Å². The van der Waals surface area contributed by atoms with Crippen LogP contribution in [0, 0.1) is 18.3 Å². The summed E-state index contributed by atoms with van der Waals surface area (Å²) >= 11 is 0. The standard InChI is InChI=1S/C26H28F3N3O2/c1-18-12-20(14-22(13-18)26(27,28)29)19(2)34-17-25(21-6-4-3-5-7-21)10-9-24(15-30,16-31-25)32-11-8-23(32)33/h3-7,12-14,19,31H,8-11,16-17H2,1-2H3/t19-,24-,25-/m1/s1. The van der Waals surface area contributed by atoms with E-state index in [1.807, 2.05) is 30.3 Å². The first-order chi connectivity index (χ1) is 16.1. The number of piperidine rings is 1. The molecule has 5 nitrogen and oxygen atoms in total. The second kappa shape index (κ2) is 9.05. The number of hydrogen-bond acceptors (Lipinski definition) is 4. The van der Waals surface area contributed by atoms with Crippen LogP contribution < -0.4 is 5.32 Å². The monoisotopic (exact) mass is 471 g/mol. The Balaban J connectivity index is 1.55. The van der Waals surface area contributed by atoms with Gasteiger partial charge in [-0.3, -0.25) is 4.79 Å². The van der Waals surface area contributed by atoms with Gasteiger partial charge in [-0.2, -0.15) is 18.4 Å². The largest absolute Gasteiger partial charge is 0.416 e. The van der Waals surface area contributed by atoms with E-state index in [-0.39, 0.29) is 12.5 Å². The van der Waals surface area contributed by atoms with E-state index < -0.39 is 28.9 Å². The molecule has 3 atom stereocenters. The maximum atomic E-state index is 13.3. The minimum atomic E-state index is -4.43. The average Bonchev–Trinajstić information content (AvgIpc) is 2.82. The van der Waals surface area contributed by atoms with Gasteiger partial charge in [0, 0.05) is 19.5 Å². The first kappa shape index (κ1) is 24.2. The molecule has 2 aromatic carbocycles. The Morgan fingerprint density at radius 3 is 2.47 bits per heavy atom. The van der Waals surface area contributed by atoms with Gasteiger partial charge in [-0.25, -0.2) is 0 Å². The lowest BCUT2D eigenvalue weighted by Crippen LogP contribution is -2.67. The molecule has 2 heterocycles. The van der Waals surface area contributed by atoms with Gasteiger partial charge >= 0.3 is 6.18 Å². The zero-order valence-corrected chi connectivity index (χ0v) is 19.3. The van der Waals surface area contributed by atoms with E-state index in [4.69, 9.17) is 4.74 Å². The van der Waals surface area contributed by atoms with E-state index in [9.17, 15) is 23.2 Å². The third-order valence-electron chi connectivity index (χ3n) is 7.06. The molecule has 1 N–H and O–H groups in total. The highest BCUT2D eigenvalue weighted by atomic mass is 19.4. The van der Waals surface area contributed by atoms with E-state index in [1.165, 1.54) is 0 Å². The summed E-state index contributed by atoms with van der Waals surface area (Å²) in [6.45, 7) is 4.47. The van der Waals surface area contributed by atoms with Crippen LogP contribution >= 0.6 is 0 Å². The Hall–Kier alpha value is -2.89. The maximum absolute atomic E-state index is 13.3. The lowest BCUT2D eigenvalue weighted by molar-refractivity contribution is -0.148. The zero-order valence-electron chi connectivity index (χ0n) is 19.3. The molecule has 0 saturated carbocycles. The number of nitriles is 1. The fraction of sp³-hybridized carbons (Fsp3) is 0.462. The van der Waals surface area contributed by atoms with Crippen molar-refractivity contribution >= 4 is 5.91 Å². The van der Waals surface area contributed by atoms with Crippen molar-refractivity contribution in [1.82, 2.24) is 10.2 Å². The molecule has 180 valence electrons.